The van der Waals surface area contributed by atoms with Gasteiger partial charge >= 0.3 is 25.7 Å². The van der Waals surface area contributed by atoms with Crippen molar-refractivity contribution in [3.63, 3.8) is 0 Å². The average Bonchev–Trinajstić information content (AvgIpc) is 0.793. The summed E-state index contributed by atoms with van der Waals surface area (Å²) in [5.74, 6) is -3.38. The van der Waals surface area contributed by atoms with Gasteiger partial charge in [-0.3, -0.25) is 23.7 Å². The molecular weight excluding hydrogens is 1250 g/mol. The number of amides is 2. The first-order valence-corrected chi connectivity index (χ1v) is 38.7. The molecular formula is C79H119N2O15P. The number of ether oxygens (including phenoxy) is 5. The van der Waals surface area contributed by atoms with E-state index in [1.165, 1.54) is 109 Å². The van der Waals surface area contributed by atoms with Crippen molar-refractivity contribution in [2.24, 2.45) is 5.92 Å². The molecule has 1 aliphatic rings. The molecule has 0 aliphatic carbocycles. The van der Waals surface area contributed by atoms with Crippen LogP contribution in [0.4, 0.5) is 0 Å². The maximum Gasteiger partial charge on any atom is 0.588 e. The van der Waals surface area contributed by atoms with Crippen LogP contribution in [0.25, 0.3) is 0 Å². The molecule has 0 bridgehead atoms. The molecule has 97 heavy (non-hydrogen) atoms. The zero-order valence-corrected chi connectivity index (χ0v) is 59.9. The van der Waals surface area contributed by atoms with Crippen LogP contribution in [-0.2, 0) is 70.0 Å². The number of hydrogen-bond acceptors (Lipinski definition) is 15. The van der Waals surface area contributed by atoms with Gasteiger partial charge in [-0.2, -0.15) is 0 Å². The third kappa shape index (κ3) is 36.5. The summed E-state index contributed by atoms with van der Waals surface area (Å²) in [6, 6.07) is 32.5. The molecule has 18 heteroatoms. The van der Waals surface area contributed by atoms with Crippen LogP contribution in [0, 0.1) is 5.92 Å². The lowest BCUT2D eigenvalue weighted by Gasteiger charge is -2.42. The van der Waals surface area contributed by atoms with E-state index in [2.05, 4.69) is 31.4 Å². The lowest BCUT2D eigenvalue weighted by Crippen LogP contribution is -2.62. The predicted molar refractivity (Wildman–Crippen MR) is 382 cm³/mol. The van der Waals surface area contributed by atoms with Gasteiger partial charge in [-0.25, -0.2) is 9.36 Å². The molecule has 4 aromatic rings. The summed E-state index contributed by atoms with van der Waals surface area (Å²) < 4.78 is 65.2. The molecule has 1 fully saturated rings. The number of nitrogens with one attached hydrogen (secondary N) is 2. The van der Waals surface area contributed by atoms with Crippen molar-refractivity contribution in [1.29, 1.82) is 0 Å². The zero-order valence-electron chi connectivity index (χ0n) is 59.0. The smallest absolute Gasteiger partial charge is 0.461 e. The SMILES string of the molecule is CCCCCCCCCCCCC(CCCCCCCCCCCC)C(=O)O[C@H]1[C@H](OP(=O)(Oc2ccccc2)Oc2ccccc2)[C@@H](COCC(=O)N[C@@H](CCC(=O)OCc2ccccc2)C(=O)OCc2ccccc2)OC[C@@H]1NC(=O)C[C@H](O)CCCCCCCCCCC. The first-order chi connectivity index (χ1) is 47.4. The number of rotatable bonds is 56. The van der Waals surface area contributed by atoms with Gasteiger partial charge in [0.2, 0.25) is 11.8 Å². The Hall–Kier alpha value is -6.10. The number of aliphatic hydroxyl groups is 1. The number of hydrogen-bond donors (Lipinski definition) is 3. The quantitative estimate of drug-likeness (QED) is 0.0162. The molecule has 5 rings (SSSR count). The van der Waals surface area contributed by atoms with E-state index in [1.54, 1.807) is 72.8 Å². The molecule has 0 radical (unpaired) electrons. The topological polar surface area (TPSA) is 221 Å². The van der Waals surface area contributed by atoms with Crippen LogP contribution in [0.15, 0.2) is 121 Å². The summed E-state index contributed by atoms with van der Waals surface area (Å²) in [4.78, 5) is 70.4. The van der Waals surface area contributed by atoms with Crippen molar-refractivity contribution in [1.82, 2.24) is 10.6 Å². The van der Waals surface area contributed by atoms with E-state index in [1.807, 2.05) is 48.5 Å². The molecule has 0 aromatic heterocycles. The van der Waals surface area contributed by atoms with Gasteiger partial charge < -0.3 is 48.5 Å². The highest BCUT2D eigenvalue weighted by Gasteiger charge is 2.50. The van der Waals surface area contributed by atoms with Crippen LogP contribution in [0.3, 0.4) is 0 Å². The largest absolute Gasteiger partial charge is 0.588 e. The van der Waals surface area contributed by atoms with Gasteiger partial charge in [0.25, 0.3) is 0 Å². The summed E-state index contributed by atoms with van der Waals surface area (Å²) in [7, 11) is -4.86. The van der Waals surface area contributed by atoms with Gasteiger partial charge in [0, 0.05) is 6.42 Å². The van der Waals surface area contributed by atoms with E-state index in [9.17, 15) is 24.3 Å². The fourth-order valence-corrected chi connectivity index (χ4v) is 13.6. The Kier molecular flexibility index (Phi) is 43.0. The molecule has 17 nitrogen and oxygen atoms in total. The van der Waals surface area contributed by atoms with Gasteiger partial charge in [-0.15, -0.1) is 0 Å². The van der Waals surface area contributed by atoms with Crippen molar-refractivity contribution < 1.29 is 70.9 Å². The molecule has 2 amide bonds. The van der Waals surface area contributed by atoms with Crippen LogP contribution >= 0.6 is 7.82 Å². The Bertz CT molecular complexity index is 2680. The Morgan fingerprint density at radius 1 is 0.505 bits per heavy atom. The molecule has 0 spiro atoms. The Labute approximate surface area is 581 Å². The van der Waals surface area contributed by atoms with Gasteiger partial charge in [-0.1, -0.05) is 304 Å². The van der Waals surface area contributed by atoms with E-state index >= 15 is 9.36 Å². The van der Waals surface area contributed by atoms with Crippen molar-refractivity contribution in [2.75, 3.05) is 19.8 Å². The van der Waals surface area contributed by atoms with Crippen molar-refractivity contribution in [3.8, 4) is 11.5 Å². The Balaban J connectivity index is 1.43. The molecule has 1 saturated heterocycles. The summed E-state index contributed by atoms with van der Waals surface area (Å²) >= 11 is 0. The molecule has 1 heterocycles. The van der Waals surface area contributed by atoms with E-state index < -0.39 is 93.2 Å². The number of unbranched alkanes of at least 4 members (excludes halogenated alkanes) is 26. The normalized spacial score (nSPS) is 16.1. The standard InChI is InChI=1S/C79H119N2O15P/c1-4-7-10-13-16-19-22-24-27-38-49-66(50-39-28-25-23-20-17-14-11-8-5-2)78(86)93-76-71(81-73(83)58-67(82)51-40-29-26-21-18-15-12-9-6-3)61-90-72(77(76)96-97(88,94-68-52-41-32-42-53-68)95-69-54-43-33-44-55-69)62-89-63-74(84)80-70(79(87)92-60-65-47-36-31-37-48-65)56-57-75(85)91-59-64-45-34-30-35-46-64/h30-37,41-48,52-55,66-67,70-72,76-77,82H,4-29,38-40,49-51,56-63H2,1-3H3,(H,80,84)(H,81,83)/t67-,70+,71+,72-,76-,77-/m1/s1. The highest BCUT2D eigenvalue weighted by atomic mass is 31.2. The Morgan fingerprint density at radius 3 is 1.39 bits per heavy atom. The van der Waals surface area contributed by atoms with Crippen molar-refractivity contribution >= 4 is 37.5 Å². The number of carbonyl (C=O) groups excluding carboxylic acids is 5. The summed E-state index contributed by atoms with van der Waals surface area (Å²) in [6.07, 6.45) is 28.5. The predicted octanol–water partition coefficient (Wildman–Crippen LogP) is 18.1. The maximum atomic E-state index is 15.6. The highest BCUT2D eigenvalue weighted by Crippen LogP contribution is 2.52. The monoisotopic (exact) mass is 1370 g/mol. The lowest BCUT2D eigenvalue weighted by molar-refractivity contribution is -0.194. The highest BCUT2D eigenvalue weighted by molar-refractivity contribution is 7.49. The molecule has 0 unspecified atom stereocenters. The molecule has 540 valence electrons. The molecule has 0 saturated carbocycles. The minimum atomic E-state index is -4.86. The first-order valence-electron chi connectivity index (χ1n) is 37.2. The second-order valence-electron chi connectivity index (χ2n) is 26.3. The van der Waals surface area contributed by atoms with Crippen LogP contribution in [0.5, 0.6) is 11.5 Å². The van der Waals surface area contributed by atoms with E-state index in [-0.39, 0.29) is 50.6 Å². The Morgan fingerprint density at radius 2 is 0.928 bits per heavy atom. The van der Waals surface area contributed by atoms with Crippen LogP contribution < -0.4 is 19.7 Å². The summed E-state index contributed by atoms with van der Waals surface area (Å²) in [6.45, 7) is 5.28. The third-order valence-electron chi connectivity index (χ3n) is 17.8. The molecule has 1 aliphatic heterocycles. The van der Waals surface area contributed by atoms with E-state index in [0.29, 0.717) is 19.3 Å². The number of esters is 3. The fraction of sp³-hybridized carbons (Fsp3) is 0.633. The minimum absolute atomic E-state index is 0.0261. The first kappa shape index (κ1) is 81.6. The van der Waals surface area contributed by atoms with Crippen LogP contribution in [0.2, 0.25) is 0 Å². The number of para-hydroxylation sites is 2. The van der Waals surface area contributed by atoms with E-state index in [0.717, 1.165) is 88.2 Å². The van der Waals surface area contributed by atoms with E-state index in [4.69, 9.17) is 37.3 Å². The van der Waals surface area contributed by atoms with Gasteiger partial charge in [0.1, 0.15) is 49.6 Å². The minimum Gasteiger partial charge on any atom is -0.461 e. The molecule has 6 atom stereocenters. The number of benzene rings is 4. The van der Waals surface area contributed by atoms with Gasteiger partial charge in [-0.05, 0) is 61.1 Å². The van der Waals surface area contributed by atoms with Gasteiger partial charge in [0.15, 0.2) is 6.10 Å². The van der Waals surface area contributed by atoms with Crippen molar-refractivity contribution in [3.05, 3.63) is 132 Å². The number of carbonyl (C=O) groups is 5. The lowest BCUT2D eigenvalue weighted by atomic mass is 9.93. The van der Waals surface area contributed by atoms with Crippen molar-refractivity contribution in [2.45, 2.75) is 295 Å². The third-order valence-corrected chi connectivity index (χ3v) is 19.2. The molecule has 3 N–H and O–H groups in total. The maximum absolute atomic E-state index is 15.6. The molecule has 4 aromatic carbocycles. The second kappa shape index (κ2) is 51.1. The number of aliphatic hydroxyl groups excluding tert-OH is 1. The summed E-state index contributed by atoms with van der Waals surface area (Å²) in [5.41, 5.74) is 1.50. The average molecular weight is 1370 g/mol. The van der Waals surface area contributed by atoms with Crippen LogP contribution in [-0.4, -0.2) is 91.1 Å². The number of phosphoric ester groups is 1. The van der Waals surface area contributed by atoms with Crippen LogP contribution in [0.1, 0.15) is 257 Å². The zero-order chi connectivity index (χ0) is 69.2. The second-order valence-corrected chi connectivity index (χ2v) is 27.8. The fourth-order valence-electron chi connectivity index (χ4n) is 12.1. The summed E-state index contributed by atoms with van der Waals surface area (Å²) in [5, 5.41) is 17.0. The van der Waals surface area contributed by atoms with Gasteiger partial charge in [0.05, 0.1) is 37.7 Å². The number of phosphoric acid groups is 1.